The summed E-state index contributed by atoms with van der Waals surface area (Å²) in [6, 6.07) is 12.9. The highest BCUT2D eigenvalue weighted by Crippen LogP contribution is 2.30. The lowest BCUT2D eigenvalue weighted by Gasteiger charge is -2.23. The van der Waals surface area contributed by atoms with Crippen molar-refractivity contribution in [3.63, 3.8) is 0 Å². The maximum Gasteiger partial charge on any atom is 0.407 e. The highest BCUT2D eigenvalue weighted by Gasteiger charge is 2.17. The lowest BCUT2D eigenvalue weighted by Crippen LogP contribution is -2.32. The van der Waals surface area contributed by atoms with Gasteiger partial charge in [0.2, 0.25) is 0 Å². The number of ether oxygens (including phenoxy) is 1. The monoisotopic (exact) mass is 352 g/mol. The van der Waals surface area contributed by atoms with Crippen molar-refractivity contribution in [1.82, 2.24) is 10.6 Å². The van der Waals surface area contributed by atoms with Crippen LogP contribution in [0.3, 0.4) is 0 Å². The van der Waals surface area contributed by atoms with Crippen LogP contribution in [0.5, 0.6) is 0 Å². The SMILES string of the molecule is Cc1ccc(-c2ccc(CNC(=O)OC(C)(C)C)cc2)c2c1CNCC2. The van der Waals surface area contributed by atoms with E-state index in [1.807, 2.05) is 20.8 Å². The molecule has 0 fully saturated rings. The van der Waals surface area contributed by atoms with E-state index in [1.165, 1.54) is 27.8 Å². The van der Waals surface area contributed by atoms with Crippen LogP contribution in [0, 0.1) is 6.92 Å². The molecule has 1 heterocycles. The fraction of sp³-hybridized carbons (Fsp3) is 0.409. The van der Waals surface area contributed by atoms with Crippen LogP contribution < -0.4 is 10.6 Å². The molecule has 4 nitrogen and oxygen atoms in total. The summed E-state index contributed by atoms with van der Waals surface area (Å²) in [6.07, 6.45) is 0.676. The van der Waals surface area contributed by atoms with Crippen LogP contribution in [-0.4, -0.2) is 18.2 Å². The van der Waals surface area contributed by atoms with E-state index in [1.54, 1.807) is 0 Å². The van der Waals surface area contributed by atoms with Crippen LogP contribution in [0.1, 0.15) is 43.0 Å². The van der Waals surface area contributed by atoms with Gasteiger partial charge in [0.15, 0.2) is 0 Å². The normalized spacial score (nSPS) is 13.8. The van der Waals surface area contributed by atoms with Gasteiger partial charge < -0.3 is 15.4 Å². The van der Waals surface area contributed by atoms with E-state index < -0.39 is 5.60 Å². The van der Waals surface area contributed by atoms with E-state index in [9.17, 15) is 4.79 Å². The Hall–Kier alpha value is -2.33. The summed E-state index contributed by atoms with van der Waals surface area (Å²) in [5.41, 5.74) is 7.37. The fourth-order valence-electron chi connectivity index (χ4n) is 3.33. The minimum atomic E-state index is -0.479. The molecule has 26 heavy (non-hydrogen) atoms. The predicted molar refractivity (Wildman–Crippen MR) is 105 cm³/mol. The summed E-state index contributed by atoms with van der Waals surface area (Å²) in [5, 5.41) is 6.26. The van der Waals surface area contributed by atoms with Gasteiger partial charge in [-0.25, -0.2) is 4.79 Å². The number of rotatable bonds is 3. The second-order valence-corrected chi connectivity index (χ2v) is 7.87. The number of amides is 1. The van der Waals surface area contributed by atoms with Crippen LogP contribution in [0.4, 0.5) is 4.79 Å². The van der Waals surface area contributed by atoms with Gasteiger partial charge in [0, 0.05) is 13.1 Å². The number of hydrogen-bond donors (Lipinski definition) is 2. The molecule has 2 aromatic carbocycles. The van der Waals surface area contributed by atoms with Gasteiger partial charge in [-0.1, -0.05) is 36.4 Å². The Morgan fingerprint density at radius 1 is 1.12 bits per heavy atom. The number of carbonyl (C=O) groups excluding carboxylic acids is 1. The average molecular weight is 352 g/mol. The molecule has 0 unspecified atom stereocenters. The summed E-state index contributed by atoms with van der Waals surface area (Å²) >= 11 is 0. The van der Waals surface area contributed by atoms with E-state index in [2.05, 4.69) is 54.0 Å². The topological polar surface area (TPSA) is 50.4 Å². The molecule has 2 aromatic rings. The molecule has 1 aliphatic heterocycles. The molecule has 0 bridgehead atoms. The quantitative estimate of drug-likeness (QED) is 0.864. The Morgan fingerprint density at radius 2 is 1.85 bits per heavy atom. The van der Waals surface area contributed by atoms with Crippen molar-refractivity contribution in [2.75, 3.05) is 6.54 Å². The Balaban J connectivity index is 1.72. The maximum absolute atomic E-state index is 11.8. The molecular formula is C22H28N2O2. The molecule has 0 spiro atoms. The average Bonchev–Trinajstić information content (AvgIpc) is 2.60. The van der Waals surface area contributed by atoms with Gasteiger partial charge >= 0.3 is 6.09 Å². The van der Waals surface area contributed by atoms with E-state index in [0.717, 1.165) is 25.1 Å². The van der Waals surface area contributed by atoms with Gasteiger partial charge in [-0.2, -0.15) is 0 Å². The molecule has 0 saturated heterocycles. The largest absolute Gasteiger partial charge is 0.444 e. The minimum absolute atomic E-state index is 0.387. The molecule has 0 radical (unpaired) electrons. The number of benzene rings is 2. The lowest BCUT2D eigenvalue weighted by atomic mass is 9.88. The molecule has 4 heteroatoms. The first kappa shape index (κ1) is 18.5. The van der Waals surface area contributed by atoms with Gasteiger partial charge in [0.1, 0.15) is 5.60 Å². The van der Waals surface area contributed by atoms with Crippen LogP contribution >= 0.6 is 0 Å². The zero-order valence-electron chi connectivity index (χ0n) is 16.1. The number of fused-ring (bicyclic) bond motifs is 1. The summed E-state index contributed by atoms with van der Waals surface area (Å²) in [4.78, 5) is 11.8. The number of carbonyl (C=O) groups is 1. The summed E-state index contributed by atoms with van der Waals surface area (Å²) in [5.74, 6) is 0. The molecule has 2 N–H and O–H groups in total. The maximum atomic E-state index is 11.8. The summed E-state index contributed by atoms with van der Waals surface area (Å²) in [6.45, 7) is 10.2. The molecule has 1 aliphatic rings. The van der Waals surface area contributed by atoms with E-state index in [0.29, 0.717) is 6.54 Å². The van der Waals surface area contributed by atoms with Crippen molar-refractivity contribution < 1.29 is 9.53 Å². The molecule has 0 atom stereocenters. The lowest BCUT2D eigenvalue weighted by molar-refractivity contribution is 0.0523. The van der Waals surface area contributed by atoms with Gasteiger partial charge in [0.05, 0.1) is 0 Å². The number of nitrogens with one attached hydrogen (secondary N) is 2. The van der Waals surface area contributed by atoms with Crippen molar-refractivity contribution in [3.05, 3.63) is 58.7 Å². The predicted octanol–water partition coefficient (Wildman–Crippen LogP) is 4.33. The fourth-order valence-corrected chi connectivity index (χ4v) is 3.33. The van der Waals surface area contributed by atoms with Crippen molar-refractivity contribution in [3.8, 4) is 11.1 Å². The molecule has 0 aromatic heterocycles. The highest BCUT2D eigenvalue weighted by atomic mass is 16.6. The Morgan fingerprint density at radius 3 is 2.54 bits per heavy atom. The third kappa shape index (κ3) is 4.44. The zero-order valence-corrected chi connectivity index (χ0v) is 16.1. The van der Waals surface area contributed by atoms with Gasteiger partial charge in [-0.05, 0) is 74.0 Å². The first-order chi connectivity index (χ1) is 12.3. The van der Waals surface area contributed by atoms with Crippen LogP contribution in [-0.2, 0) is 24.2 Å². The minimum Gasteiger partial charge on any atom is -0.444 e. The van der Waals surface area contributed by atoms with Crippen molar-refractivity contribution >= 4 is 6.09 Å². The Bertz CT molecular complexity index is 789. The van der Waals surface area contributed by atoms with E-state index in [4.69, 9.17) is 4.74 Å². The van der Waals surface area contributed by atoms with Crippen molar-refractivity contribution in [2.24, 2.45) is 0 Å². The Labute approximate surface area is 156 Å². The summed E-state index contributed by atoms with van der Waals surface area (Å²) in [7, 11) is 0. The van der Waals surface area contributed by atoms with Crippen LogP contribution in [0.2, 0.25) is 0 Å². The first-order valence-corrected chi connectivity index (χ1v) is 9.22. The number of aryl methyl sites for hydroxylation is 1. The standard InChI is InChI=1S/C22H28N2O2/c1-15-5-10-18(19-11-12-23-14-20(15)19)17-8-6-16(7-9-17)13-24-21(25)26-22(2,3)4/h5-10,23H,11-14H2,1-4H3,(H,24,25). The number of alkyl carbamates (subject to hydrolysis) is 1. The van der Waals surface area contributed by atoms with Crippen LogP contribution in [0.25, 0.3) is 11.1 Å². The first-order valence-electron chi connectivity index (χ1n) is 9.22. The second kappa shape index (κ2) is 7.50. The molecular weight excluding hydrogens is 324 g/mol. The molecule has 3 rings (SSSR count). The van der Waals surface area contributed by atoms with Gasteiger partial charge in [-0.3, -0.25) is 0 Å². The molecule has 0 saturated carbocycles. The Kier molecular flexibility index (Phi) is 5.33. The molecule has 1 amide bonds. The van der Waals surface area contributed by atoms with Crippen molar-refractivity contribution in [1.29, 1.82) is 0 Å². The third-order valence-corrected chi connectivity index (χ3v) is 4.62. The second-order valence-electron chi connectivity index (χ2n) is 7.87. The smallest absolute Gasteiger partial charge is 0.407 e. The van der Waals surface area contributed by atoms with Crippen LogP contribution in [0.15, 0.2) is 36.4 Å². The summed E-state index contributed by atoms with van der Waals surface area (Å²) < 4.78 is 5.27. The van der Waals surface area contributed by atoms with E-state index in [-0.39, 0.29) is 6.09 Å². The van der Waals surface area contributed by atoms with E-state index >= 15 is 0 Å². The number of hydrogen-bond acceptors (Lipinski definition) is 3. The highest BCUT2D eigenvalue weighted by molar-refractivity contribution is 5.71. The zero-order chi connectivity index (χ0) is 18.7. The molecule has 0 aliphatic carbocycles. The van der Waals surface area contributed by atoms with Gasteiger partial charge in [0.25, 0.3) is 0 Å². The molecule has 138 valence electrons. The third-order valence-electron chi connectivity index (χ3n) is 4.62. The van der Waals surface area contributed by atoms with Gasteiger partial charge in [-0.15, -0.1) is 0 Å². The van der Waals surface area contributed by atoms with Crippen molar-refractivity contribution in [2.45, 2.75) is 52.8 Å².